The van der Waals surface area contributed by atoms with Gasteiger partial charge < -0.3 is 20.9 Å². The van der Waals surface area contributed by atoms with Crippen molar-refractivity contribution in [3.8, 4) is 5.75 Å². The summed E-state index contributed by atoms with van der Waals surface area (Å²) in [7, 11) is 1.48. The molecule has 1 aliphatic carbocycles. The molecule has 0 aromatic heterocycles. The smallest absolute Gasteiger partial charge is 0.306 e. The molecule has 1 aromatic carbocycles. The van der Waals surface area contributed by atoms with Crippen LogP contribution in [0, 0.1) is 11.8 Å². The summed E-state index contributed by atoms with van der Waals surface area (Å²) in [5, 5.41) is 11.9. The number of carboxylic acid groups (broad SMARTS) is 1. The second kappa shape index (κ2) is 6.47. The minimum absolute atomic E-state index is 0.00812. The monoisotopic (exact) mass is 292 g/mol. The first-order valence-electron chi connectivity index (χ1n) is 6.97. The zero-order valence-electron chi connectivity index (χ0n) is 12.0. The van der Waals surface area contributed by atoms with Crippen molar-refractivity contribution in [2.45, 2.75) is 19.3 Å². The highest BCUT2D eigenvalue weighted by atomic mass is 16.5. The van der Waals surface area contributed by atoms with Gasteiger partial charge in [0.15, 0.2) is 0 Å². The highest BCUT2D eigenvalue weighted by Gasteiger charge is 2.33. The molecular weight excluding hydrogens is 272 g/mol. The zero-order valence-corrected chi connectivity index (χ0v) is 12.0. The fourth-order valence-corrected chi connectivity index (χ4v) is 2.82. The first-order valence-corrected chi connectivity index (χ1v) is 6.97. The number of carboxylic acids is 1. The minimum Gasteiger partial charge on any atom is -0.496 e. The SMILES string of the molecule is COc1cc(N)ccc1C(=O)NCC1CCCC1C(=O)O. The van der Waals surface area contributed by atoms with E-state index < -0.39 is 5.97 Å². The van der Waals surface area contributed by atoms with E-state index in [1.807, 2.05) is 0 Å². The Kier molecular flexibility index (Phi) is 4.67. The zero-order chi connectivity index (χ0) is 15.4. The molecular formula is C15H20N2O4. The van der Waals surface area contributed by atoms with Gasteiger partial charge in [0.1, 0.15) is 5.75 Å². The lowest BCUT2D eigenvalue weighted by molar-refractivity contribution is -0.142. The van der Waals surface area contributed by atoms with Gasteiger partial charge in [0.05, 0.1) is 18.6 Å². The number of amides is 1. The van der Waals surface area contributed by atoms with Gasteiger partial charge in [-0.2, -0.15) is 0 Å². The summed E-state index contributed by atoms with van der Waals surface area (Å²) in [5.74, 6) is -1.02. The van der Waals surface area contributed by atoms with E-state index in [0.29, 0.717) is 30.0 Å². The molecule has 4 N–H and O–H groups in total. The second-order valence-electron chi connectivity index (χ2n) is 5.31. The topological polar surface area (TPSA) is 102 Å². The molecule has 6 nitrogen and oxygen atoms in total. The summed E-state index contributed by atoms with van der Waals surface area (Å²) in [6, 6.07) is 4.82. The number of rotatable bonds is 5. The van der Waals surface area contributed by atoms with E-state index in [0.717, 1.165) is 12.8 Å². The molecule has 0 bridgehead atoms. The van der Waals surface area contributed by atoms with Gasteiger partial charge in [-0.1, -0.05) is 6.42 Å². The molecule has 1 aliphatic rings. The predicted molar refractivity (Wildman–Crippen MR) is 78.2 cm³/mol. The number of aliphatic carboxylic acids is 1. The number of benzene rings is 1. The van der Waals surface area contributed by atoms with E-state index in [4.69, 9.17) is 15.6 Å². The summed E-state index contributed by atoms with van der Waals surface area (Å²) in [6.07, 6.45) is 2.40. The lowest BCUT2D eigenvalue weighted by Crippen LogP contribution is -2.33. The standard InChI is InChI=1S/C15H20N2O4/c1-21-13-7-10(16)5-6-12(13)14(18)17-8-9-3-2-4-11(9)15(19)20/h5-7,9,11H,2-4,8,16H2,1H3,(H,17,18)(H,19,20). The van der Waals surface area contributed by atoms with Gasteiger partial charge in [0.25, 0.3) is 5.91 Å². The molecule has 6 heteroatoms. The van der Waals surface area contributed by atoms with Crippen LogP contribution in [0.1, 0.15) is 29.6 Å². The van der Waals surface area contributed by atoms with Gasteiger partial charge in [0.2, 0.25) is 0 Å². The molecule has 21 heavy (non-hydrogen) atoms. The Hall–Kier alpha value is -2.24. The van der Waals surface area contributed by atoms with Crippen LogP contribution in [0.25, 0.3) is 0 Å². The Bertz CT molecular complexity index is 544. The van der Waals surface area contributed by atoms with E-state index >= 15 is 0 Å². The average Bonchev–Trinajstić information content (AvgIpc) is 2.93. The van der Waals surface area contributed by atoms with Crippen LogP contribution >= 0.6 is 0 Å². The molecule has 1 amide bonds. The molecule has 2 rings (SSSR count). The van der Waals surface area contributed by atoms with E-state index in [9.17, 15) is 9.59 Å². The number of carbonyl (C=O) groups excluding carboxylic acids is 1. The third kappa shape index (κ3) is 3.45. The first kappa shape index (κ1) is 15.2. The van der Waals surface area contributed by atoms with Gasteiger partial charge in [-0.05, 0) is 30.9 Å². The Morgan fingerprint density at radius 1 is 1.43 bits per heavy atom. The quantitative estimate of drug-likeness (QED) is 0.714. The molecule has 1 aromatic rings. The van der Waals surface area contributed by atoms with Crippen LogP contribution in [-0.4, -0.2) is 30.6 Å². The second-order valence-corrected chi connectivity index (χ2v) is 5.31. The predicted octanol–water partition coefficient (Wildman–Crippen LogP) is 1.51. The maximum atomic E-state index is 12.2. The number of nitrogen functional groups attached to an aromatic ring is 1. The summed E-state index contributed by atoms with van der Waals surface area (Å²) < 4.78 is 5.14. The number of hydrogen-bond acceptors (Lipinski definition) is 4. The highest BCUT2D eigenvalue weighted by molar-refractivity contribution is 5.97. The van der Waals surface area contributed by atoms with Gasteiger partial charge in [0, 0.05) is 18.3 Å². The third-order valence-electron chi connectivity index (χ3n) is 3.97. The van der Waals surface area contributed by atoms with Gasteiger partial charge in [-0.15, -0.1) is 0 Å². The van der Waals surface area contributed by atoms with Gasteiger partial charge in [-0.25, -0.2) is 0 Å². The molecule has 2 unspecified atom stereocenters. The Morgan fingerprint density at radius 3 is 2.86 bits per heavy atom. The van der Waals surface area contributed by atoms with Gasteiger partial charge in [-0.3, -0.25) is 9.59 Å². The summed E-state index contributed by atoms with van der Waals surface area (Å²) in [4.78, 5) is 23.3. The lowest BCUT2D eigenvalue weighted by atomic mass is 9.96. The fraction of sp³-hybridized carbons (Fsp3) is 0.467. The number of carbonyl (C=O) groups is 2. The molecule has 1 fully saturated rings. The van der Waals surface area contributed by atoms with Crippen LogP contribution in [0.5, 0.6) is 5.75 Å². The number of hydrogen-bond donors (Lipinski definition) is 3. The van der Waals surface area contributed by atoms with Crippen molar-refractivity contribution in [2.24, 2.45) is 11.8 Å². The number of anilines is 1. The van der Waals surface area contributed by atoms with E-state index in [2.05, 4.69) is 5.32 Å². The highest BCUT2D eigenvalue weighted by Crippen LogP contribution is 2.31. The summed E-state index contributed by atoms with van der Waals surface area (Å²) in [6.45, 7) is 0.364. The van der Waals surface area contributed by atoms with Crippen molar-refractivity contribution in [1.29, 1.82) is 0 Å². The van der Waals surface area contributed by atoms with Gasteiger partial charge >= 0.3 is 5.97 Å². The third-order valence-corrected chi connectivity index (χ3v) is 3.97. The Labute approximate surface area is 123 Å². The van der Waals surface area contributed by atoms with Crippen LogP contribution in [0.15, 0.2) is 18.2 Å². The Morgan fingerprint density at radius 2 is 2.19 bits per heavy atom. The van der Waals surface area contributed by atoms with Crippen molar-refractivity contribution in [3.05, 3.63) is 23.8 Å². The van der Waals surface area contributed by atoms with Crippen molar-refractivity contribution < 1.29 is 19.4 Å². The maximum Gasteiger partial charge on any atom is 0.306 e. The molecule has 2 atom stereocenters. The molecule has 114 valence electrons. The summed E-state index contributed by atoms with van der Waals surface area (Å²) >= 11 is 0. The number of nitrogens with one attached hydrogen (secondary N) is 1. The summed E-state index contributed by atoms with van der Waals surface area (Å²) in [5.41, 5.74) is 6.57. The van der Waals surface area contributed by atoms with Crippen molar-refractivity contribution in [2.75, 3.05) is 19.4 Å². The first-order chi connectivity index (χ1) is 10.0. The van der Waals surface area contributed by atoms with Crippen molar-refractivity contribution in [1.82, 2.24) is 5.32 Å². The maximum absolute atomic E-state index is 12.2. The average molecular weight is 292 g/mol. The Balaban J connectivity index is 2.00. The van der Waals surface area contributed by atoms with Crippen molar-refractivity contribution in [3.63, 3.8) is 0 Å². The van der Waals surface area contributed by atoms with E-state index in [1.54, 1.807) is 18.2 Å². The largest absolute Gasteiger partial charge is 0.496 e. The van der Waals surface area contributed by atoms with Crippen LogP contribution < -0.4 is 15.8 Å². The minimum atomic E-state index is -0.781. The molecule has 0 heterocycles. The van der Waals surface area contributed by atoms with Crippen LogP contribution in [0.2, 0.25) is 0 Å². The molecule has 1 saturated carbocycles. The fourth-order valence-electron chi connectivity index (χ4n) is 2.82. The van der Waals surface area contributed by atoms with E-state index in [-0.39, 0.29) is 17.7 Å². The van der Waals surface area contributed by atoms with Crippen LogP contribution in [-0.2, 0) is 4.79 Å². The van der Waals surface area contributed by atoms with Crippen molar-refractivity contribution >= 4 is 17.6 Å². The van der Waals surface area contributed by atoms with E-state index in [1.165, 1.54) is 7.11 Å². The number of methoxy groups -OCH3 is 1. The number of nitrogens with two attached hydrogens (primary N) is 1. The normalized spacial score (nSPS) is 21.0. The van der Waals surface area contributed by atoms with Crippen LogP contribution in [0.4, 0.5) is 5.69 Å². The lowest BCUT2D eigenvalue weighted by Gasteiger charge is -2.17. The molecule has 0 saturated heterocycles. The molecule has 0 radical (unpaired) electrons. The number of ether oxygens (including phenoxy) is 1. The van der Waals surface area contributed by atoms with Crippen LogP contribution in [0.3, 0.4) is 0 Å². The molecule has 0 aliphatic heterocycles. The molecule has 0 spiro atoms.